The van der Waals surface area contributed by atoms with Crippen LogP contribution in [-0.2, 0) is 19.1 Å². The van der Waals surface area contributed by atoms with Gasteiger partial charge in [0.1, 0.15) is 5.75 Å². The molecule has 2 bridgehead atoms. The number of hydrogen-bond acceptors (Lipinski definition) is 16. The molecule has 14 N–H and O–H groups in total. The number of hydrogen-bond donors (Lipinski definition) is 12. The fourth-order valence-electron chi connectivity index (χ4n) is 19.3. The molecule has 22 unspecified atom stereocenters. The van der Waals surface area contributed by atoms with Gasteiger partial charge in [0.25, 0.3) is 0 Å². The molecule has 2 saturated heterocycles. The maximum atomic E-state index is 16.2. The van der Waals surface area contributed by atoms with E-state index in [1.807, 2.05) is 19.2 Å². The molecular formula is C66H91N5O12S2. The molecular weight excluding hydrogens is 1120 g/mol. The van der Waals surface area contributed by atoms with E-state index in [1.54, 1.807) is 37.4 Å². The van der Waals surface area contributed by atoms with Crippen molar-refractivity contribution in [3.8, 4) is 17.6 Å². The van der Waals surface area contributed by atoms with Crippen LogP contribution in [-0.4, -0.2) is 143 Å². The molecule has 2 aliphatic heterocycles. The quantitative estimate of drug-likeness (QED) is 0.0331. The Morgan fingerprint density at radius 2 is 1.68 bits per heavy atom. The van der Waals surface area contributed by atoms with Crippen LogP contribution in [0.25, 0.3) is 0 Å². The van der Waals surface area contributed by atoms with E-state index in [1.165, 1.54) is 27.2 Å². The molecule has 17 nitrogen and oxygen atoms in total. The maximum Gasteiger partial charge on any atom is 0.313 e. The van der Waals surface area contributed by atoms with Crippen molar-refractivity contribution in [1.82, 2.24) is 10.3 Å². The minimum atomic E-state index is -2.02. The molecule has 11 rings (SSSR count). The number of aliphatic hydroxyl groups excluding tert-OH is 5. The van der Waals surface area contributed by atoms with Crippen LogP contribution < -0.4 is 16.8 Å². The Bertz CT molecular complexity index is 2940. The molecule has 22 atom stereocenters. The summed E-state index contributed by atoms with van der Waals surface area (Å²) in [4.78, 5) is 52.4. The zero-order valence-electron chi connectivity index (χ0n) is 49.5. The third kappa shape index (κ3) is 11.2. The Hall–Kier alpha value is -4.36. The van der Waals surface area contributed by atoms with Gasteiger partial charge < -0.3 is 67.4 Å². The van der Waals surface area contributed by atoms with Crippen LogP contribution in [0.5, 0.6) is 5.75 Å². The Labute approximate surface area is 507 Å². The molecule has 464 valence electrons. The van der Waals surface area contributed by atoms with Gasteiger partial charge in [0.15, 0.2) is 17.5 Å². The van der Waals surface area contributed by atoms with E-state index in [4.69, 9.17) is 16.2 Å². The molecule has 7 aliphatic carbocycles. The number of nitrogens with one attached hydrogen (secondary N) is 2. The van der Waals surface area contributed by atoms with Gasteiger partial charge in [-0.1, -0.05) is 71.1 Å². The number of phenolic OH excluding ortho intramolecular Hbond substituents is 1. The number of H-pyrrole nitrogens is 1. The number of guanidine groups is 1. The number of cyclic esters (lactones) is 1. The number of ether oxygens (including phenoxy) is 1. The minimum Gasteiger partial charge on any atom is -0.508 e. The van der Waals surface area contributed by atoms with Gasteiger partial charge in [0, 0.05) is 96.9 Å². The van der Waals surface area contributed by atoms with Crippen LogP contribution >= 0.6 is 21.6 Å². The first-order valence-electron chi connectivity index (χ1n) is 31.5. The lowest BCUT2D eigenvalue weighted by Crippen LogP contribution is -2.67. The zero-order valence-corrected chi connectivity index (χ0v) is 51.1. The average Bonchev–Trinajstić information content (AvgIpc) is 1.62. The van der Waals surface area contributed by atoms with E-state index in [0.717, 1.165) is 30.4 Å². The number of aliphatic imine (C=N–C) groups is 1. The van der Waals surface area contributed by atoms with Crippen molar-refractivity contribution >= 4 is 45.1 Å². The summed E-state index contributed by atoms with van der Waals surface area (Å²) in [6.45, 7) is 5.36. The SMILES string of the molecule is CC1CCC2=CCC3C(CO)CC(O)C(C)(O)C4C(CC5(O)C6=C7NCC(=O)CC(c8ccc(O)cc8)CSSCC8C(O)C(O)CC(C)(C6CCC45CCN=C(N)N)C8C7=O)C(CCCO)C#CC(C4COC(=O)C4c4cc[nH]c4)CC3C2C1. The normalized spacial score (nSPS) is 43.0. The number of phenols is 1. The number of aromatic amines is 1. The third-order valence-corrected chi connectivity index (χ3v) is 25.8. The summed E-state index contributed by atoms with van der Waals surface area (Å²) < 4.78 is 5.99. The number of aromatic nitrogens is 1. The topological polar surface area (TPSA) is 315 Å². The molecule has 1 aromatic carbocycles. The van der Waals surface area contributed by atoms with Crippen LogP contribution in [0.3, 0.4) is 0 Å². The fourth-order valence-corrected chi connectivity index (χ4v) is 22.1. The predicted octanol–water partition coefficient (Wildman–Crippen LogP) is 5.85. The smallest absolute Gasteiger partial charge is 0.313 e. The first-order chi connectivity index (χ1) is 40.6. The van der Waals surface area contributed by atoms with Crippen molar-refractivity contribution in [2.24, 2.45) is 104 Å². The first kappa shape index (κ1) is 62.3. The van der Waals surface area contributed by atoms with Crippen LogP contribution in [0.15, 0.2) is 70.6 Å². The molecule has 1 aromatic heterocycles. The largest absolute Gasteiger partial charge is 0.508 e. The van der Waals surface area contributed by atoms with Crippen LogP contribution in [0.2, 0.25) is 0 Å². The zero-order chi connectivity index (χ0) is 60.3. The minimum absolute atomic E-state index is 0.00357. The van der Waals surface area contributed by atoms with Gasteiger partial charge in [0.2, 0.25) is 0 Å². The van der Waals surface area contributed by atoms with Gasteiger partial charge in [-0.2, -0.15) is 0 Å². The summed E-state index contributed by atoms with van der Waals surface area (Å²) in [6.07, 6.45) is 7.73. The van der Waals surface area contributed by atoms with Gasteiger partial charge in [-0.05, 0) is 172 Å². The number of rotatable bonds is 10. The number of esters is 1. The van der Waals surface area contributed by atoms with Crippen molar-refractivity contribution in [1.29, 1.82) is 0 Å². The number of Topliss-reactive ketones (excluding diaryl/α,β-unsaturated/α-hetero) is 2. The lowest BCUT2D eigenvalue weighted by molar-refractivity contribution is -0.195. The van der Waals surface area contributed by atoms with Gasteiger partial charge in [0.05, 0.1) is 54.3 Å². The Balaban J connectivity index is 1.11. The Kier molecular flexibility index (Phi) is 18.2. The number of fused-ring (bicyclic) bond motifs is 10. The number of aromatic hydroxyl groups is 1. The second-order valence-electron chi connectivity index (χ2n) is 27.8. The van der Waals surface area contributed by atoms with E-state index >= 15 is 4.79 Å². The second kappa shape index (κ2) is 24.9. The molecule has 4 saturated carbocycles. The molecule has 19 heteroatoms. The van der Waals surface area contributed by atoms with Gasteiger partial charge in [-0.15, -0.1) is 0 Å². The second-order valence-corrected chi connectivity index (χ2v) is 30.3. The lowest BCUT2D eigenvalue weighted by Gasteiger charge is -2.63. The molecule has 0 amide bonds. The third-order valence-electron chi connectivity index (χ3n) is 23.2. The van der Waals surface area contributed by atoms with E-state index in [9.17, 15) is 50.4 Å². The first-order valence-corrected chi connectivity index (χ1v) is 34.0. The van der Waals surface area contributed by atoms with Crippen molar-refractivity contribution in [3.63, 3.8) is 0 Å². The van der Waals surface area contributed by atoms with Crippen molar-refractivity contribution in [2.45, 2.75) is 152 Å². The van der Waals surface area contributed by atoms with Crippen LogP contribution in [0, 0.1) is 99.6 Å². The number of allylic oxidation sites excluding steroid dienone is 3. The summed E-state index contributed by atoms with van der Waals surface area (Å²) in [5.74, 6) is 1.36. The number of nitrogens with two attached hydrogens (primary N) is 2. The summed E-state index contributed by atoms with van der Waals surface area (Å²) in [6, 6.07) is 8.69. The van der Waals surface area contributed by atoms with Gasteiger partial charge in [-0.3, -0.25) is 19.4 Å². The Morgan fingerprint density at radius 1 is 0.906 bits per heavy atom. The molecule has 0 spiro atoms. The predicted molar refractivity (Wildman–Crippen MR) is 326 cm³/mol. The van der Waals surface area contributed by atoms with Crippen molar-refractivity contribution in [2.75, 3.05) is 44.4 Å². The lowest BCUT2D eigenvalue weighted by atomic mass is 9.43. The van der Waals surface area contributed by atoms with E-state index < -0.39 is 93.6 Å². The number of carbonyl (C=O) groups excluding carboxylic acids is 3. The van der Waals surface area contributed by atoms with Crippen LogP contribution in [0.1, 0.15) is 134 Å². The maximum absolute atomic E-state index is 16.2. The van der Waals surface area contributed by atoms with Gasteiger partial charge in [-0.25, -0.2) is 0 Å². The highest BCUT2D eigenvalue weighted by Crippen LogP contribution is 2.73. The molecule has 0 radical (unpaired) electrons. The fraction of sp³-hybridized carbons (Fsp3) is 0.697. The average molecular weight is 1210 g/mol. The van der Waals surface area contributed by atoms with Crippen LogP contribution in [0.4, 0.5) is 0 Å². The summed E-state index contributed by atoms with van der Waals surface area (Å²) >= 11 is 0. The van der Waals surface area contributed by atoms with E-state index in [2.05, 4.69) is 40.1 Å². The van der Waals surface area contributed by atoms with Crippen molar-refractivity contribution < 1.29 is 60.0 Å². The van der Waals surface area contributed by atoms with E-state index in [0.29, 0.717) is 55.1 Å². The number of ketones is 2. The summed E-state index contributed by atoms with van der Waals surface area (Å²) in [5.41, 5.74) is 9.28. The summed E-state index contributed by atoms with van der Waals surface area (Å²) in [7, 11) is 3.03. The number of carbonyl (C=O) groups is 3. The molecule has 6 fully saturated rings. The van der Waals surface area contributed by atoms with Crippen molar-refractivity contribution in [3.05, 3.63) is 76.8 Å². The highest BCUT2D eigenvalue weighted by atomic mass is 33.1. The standard InChI is InChI=1S/C66H91N5O12S2/c1-35-6-7-38-12-15-45-41(31-73)26-53(77)64(3,81)60-48(37(5-4-22-72)8-9-39(25-47(45)46(38)23-35)49-32-83-61(80)54(49)40-17-20-69-29-40)27-66(82)56-51(16-18-65(60,66)19-21-70-62(67)68)63(2)28-52(76)58(78)50-34-85-84-33-42(36-10-13-43(74)14-11-36)24-44(75)30-71-57(56)59(79)55(50)63/h10-14,17,20,29,35,37,39,41-42,45-55,58,60,69,71-74,76-78,81-82H,4-7,15-16,18-19,21-28,30-34H2,1-3H3,(H4,67,68,70). The monoisotopic (exact) mass is 1210 g/mol. The van der Waals surface area contributed by atoms with Gasteiger partial charge >= 0.3 is 5.97 Å². The summed E-state index contributed by atoms with van der Waals surface area (Å²) in [5, 5.41) is 102. The molecule has 85 heavy (non-hydrogen) atoms. The highest BCUT2D eigenvalue weighted by molar-refractivity contribution is 8.76. The molecule has 2 aromatic rings. The number of benzene rings is 1. The Morgan fingerprint density at radius 3 is 2.41 bits per heavy atom. The highest BCUT2D eigenvalue weighted by Gasteiger charge is 2.75. The number of aliphatic hydroxyl groups is 7. The molecule has 3 heterocycles. The van der Waals surface area contributed by atoms with E-state index in [-0.39, 0.29) is 136 Å². The number of nitrogens with zero attached hydrogens (tertiary/aromatic N) is 1. The molecule has 9 aliphatic rings.